The standard InChI is InChI=1S/C24H21N3O5/c1-13-8-14(2)10-18(9-13)27-22(29)19(21(28)25-24(27)32)12-16-4-5-20-17(11-16)6-7-26(20)15(3)23(30)31/h4-12,15H,1-3H3,(H,30,31)(H,25,28,32)/b19-12+/t15-/m0/s1. The van der Waals surface area contributed by atoms with Crippen molar-refractivity contribution >= 4 is 46.5 Å². The average molecular weight is 431 g/mol. The Kier molecular flexibility index (Phi) is 5.14. The maximum absolute atomic E-state index is 13.1. The lowest BCUT2D eigenvalue weighted by Gasteiger charge is -2.27. The molecule has 0 aliphatic carbocycles. The Hall–Kier alpha value is -4.20. The fourth-order valence-electron chi connectivity index (χ4n) is 3.87. The Bertz CT molecular complexity index is 1310. The molecular weight excluding hydrogens is 410 g/mol. The number of fused-ring (bicyclic) bond motifs is 1. The SMILES string of the molecule is Cc1cc(C)cc(N2C(=O)NC(=O)/C(=C\c3ccc4c(ccn4[C@@H](C)C(=O)O)c3)C2=O)c1. The number of hydrogen-bond acceptors (Lipinski definition) is 4. The van der Waals surface area contributed by atoms with Crippen LogP contribution < -0.4 is 10.2 Å². The molecule has 32 heavy (non-hydrogen) atoms. The lowest BCUT2D eigenvalue weighted by atomic mass is 10.0. The number of amides is 4. The number of hydrogen-bond donors (Lipinski definition) is 2. The summed E-state index contributed by atoms with van der Waals surface area (Å²) < 4.78 is 1.63. The molecule has 1 aliphatic heterocycles. The van der Waals surface area contributed by atoms with E-state index in [2.05, 4.69) is 5.32 Å². The molecule has 1 fully saturated rings. The van der Waals surface area contributed by atoms with E-state index in [1.54, 1.807) is 54.1 Å². The summed E-state index contributed by atoms with van der Waals surface area (Å²) in [5, 5.41) is 12.3. The first kappa shape index (κ1) is 21.0. The summed E-state index contributed by atoms with van der Waals surface area (Å²) in [6, 6.07) is 10.8. The van der Waals surface area contributed by atoms with Gasteiger partial charge < -0.3 is 9.67 Å². The van der Waals surface area contributed by atoms with Crippen LogP contribution in [0.15, 0.2) is 54.2 Å². The molecule has 0 unspecified atom stereocenters. The highest BCUT2D eigenvalue weighted by Gasteiger charge is 2.37. The Morgan fingerprint density at radius 2 is 1.72 bits per heavy atom. The summed E-state index contributed by atoms with van der Waals surface area (Å²) in [5.41, 5.74) is 3.28. The van der Waals surface area contributed by atoms with Crippen molar-refractivity contribution in [2.75, 3.05) is 4.90 Å². The predicted octanol–water partition coefficient (Wildman–Crippen LogP) is 3.57. The van der Waals surface area contributed by atoms with E-state index < -0.39 is 29.9 Å². The Balaban J connectivity index is 1.73. The van der Waals surface area contributed by atoms with Gasteiger partial charge in [-0.25, -0.2) is 14.5 Å². The fraction of sp³-hybridized carbons (Fsp3) is 0.167. The summed E-state index contributed by atoms with van der Waals surface area (Å²) in [5.74, 6) is -2.42. The lowest BCUT2D eigenvalue weighted by molar-refractivity contribution is -0.140. The summed E-state index contributed by atoms with van der Waals surface area (Å²) in [7, 11) is 0. The van der Waals surface area contributed by atoms with Gasteiger partial charge in [0.1, 0.15) is 11.6 Å². The number of imide groups is 2. The van der Waals surface area contributed by atoms with Crippen molar-refractivity contribution in [3.63, 3.8) is 0 Å². The monoisotopic (exact) mass is 431 g/mol. The zero-order valence-electron chi connectivity index (χ0n) is 17.7. The van der Waals surface area contributed by atoms with Gasteiger partial charge in [0.15, 0.2) is 0 Å². The molecule has 1 atom stereocenters. The fourth-order valence-corrected chi connectivity index (χ4v) is 3.87. The molecule has 3 aromatic rings. The first-order valence-corrected chi connectivity index (χ1v) is 9.99. The van der Waals surface area contributed by atoms with Crippen molar-refractivity contribution in [2.45, 2.75) is 26.8 Å². The van der Waals surface area contributed by atoms with Gasteiger partial charge in [-0.1, -0.05) is 12.1 Å². The van der Waals surface area contributed by atoms with Crippen LogP contribution in [0.3, 0.4) is 0 Å². The number of nitrogens with one attached hydrogen (secondary N) is 1. The van der Waals surface area contributed by atoms with Crippen LogP contribution in [0, 0.1) is 13.8 Å². The molecule has 2 N–H and O–H groups in total. The largest absolute Gasteiger partial charge is 0.480 e. The topological polar surface area (TPSA) is 109 Å². The van der Waals surface area contributed by atoms with Crippen LogP contribution in [-0.2, 0) is 14.4 Å². The van der Waals surface area contributed by atoms with Crippen LogP contribution in [0.2, 0.25) is 0 Å². The maximum Gasteiger partial charge on any atom is 0.335 e. The van der Waals surface area contributed by atoms with Crippen LogP contribution in [0.5, 0.6) is 0 Å². The normalized spacial score (nSPS) is 16.5. The molecule has 4 amide bonds. The molecule has 0 bridgehead atoms. The van der Waals surface area contributed by atoms with Crippen molar-refractivity contribution in [3.05, 3.63) is 70.9 Å². The van der Waals surface area contributed by atoms with Gasteiger partial charge >= 0.3 is 12.0 Å². The van der Waals surface area contributed by atoms with Crippen LogP contribution in [0.4, 0.5) is 10.5 Å². The first-order valence-electron chi connectivity index (χ1n) is 9.99. The number of benzene rings is 2. The molecule has 8 heteroatoms. The average Bonchev–Trinajstić information content (AvgIpc) is 3.12. The van der Waals surface area contributed by atoms with Crippen LogP contribution in [0.1, 0.15) is 29.7 Å². The smallest absolute Gasteiger partial charge is 0.335 e. The number of urea groups is 1. The van der Waals surface area contributed by atoms with Gasteiger partial charge in [-0.3, -0.25) is 14.9 Å². The summed E-state index contributed by atoms with van der Waals surface area (Å²) >= 11 is 0. The van der Waals surface area contributed by atoms with Crippen LogP contribution in [0.25, 0.3) is 17.0 Å². The van der Waals surface area contributed by atoms with Gasteiger partial charge in [0.25, 0.3) is 11.8 Å². The molecule has 1 aromatic heterocycles. The van der Waals surface area contributed by atoms with Gasteiger partial charge in [0.2, 0.25) is 0 Å². The Morgan fingerprint density at radius 1 is 1.03 bits per heavy atom. The molecule has 8 nitrogen and oxygen atoms in total. The second-order valence-electron chi connectivity index (χ2n) is 7.86. The number of carbonyl (C=O) groups excluding carboxylic acids is 3. The van der Waals surface area contributed by atoms with Crippen molar-refractivity contribution in [2.24, 2.45) is 0 Å². The number of carboxylic acids is 1. The first-order chi connectivity index (χ1) is 15.2. The molecule has 0 saturated carbocycles. The zero-order chi connectivity index (χ0) is 23.2. The summed E-state index contributed by atoms with van der Waals surface area (Å²) in [6.07, 6.45) is 3.11. The second-order valence-corrected chi connectivity index (χ2v) is 7.86. The van der Waals surface area contributed by atoms with Gasteiger partial charge in [-0.05, 0) is 73.9 Å². The van der Waals surface area contributed by atoms with Crippen molar-refractivity contribution in [3.8, 4) is 0 Å². The van der Waals surface area contributed by atoms with Crippen molar-refractivity contribution in [1.82, 2.24) is 9.88 Å². The highest BCUT2D eigenvalue weighted by atomic mass is 16.4. The quantitative estimate of drug-likeness (QED) is 0.485. The highest BCUT2D eigenvalue weighted by molar-refractivity contribution is 6.39. The predicted molar refractivity (Wildman–Crippen MR) is 119 cm³/mol. The Labute approximate surface area is 183 Å². The summed E-state index contributed by atoms with van der Waals surface area (Å²) in [6.45, 7) is 5.30. The molecule has 2 aromatic carbocycles. The van der Waals surface area contributed by atoms with E-state index in [9.17, 15) is 24.3 Å². The molecule has 0 spiro atoms. The van der Waals surface area contributed by atoms with Crippen molar-refractivity contribution in [1.29, 1.82) is 0 Å². The number of carboxylic acid groups (broad SMARTS) is 1. The molecule has 4 rings (SSSR count). The van der Waals surface area contributed by atoms with E-state index in [1.165, 1.54) is 6.08 Å². The molecule has 2 heterocycles. The third kappa shape index (κ3) is 3.66. The minimum absolute atomic E-state index is 0.165. The Morgan fingerprint density at radius 3 is 2.38 bits per heavy atom. The number of rotatable bonds is 4. The van der Waals surface area contributed by atoms with E-state index in [1.807, 2.05) is 19.9 Å². The molecular formula is C24H21N3O5. The van der Waals surface area contributed by atoms with Crippen LogP contribution >= 0.6 is 0 Å². The second kappa shape index (κ2) is 7.81. The number of anilines is 1. The molecule has 1 saturated heterocycles. The lowest BCUT2D eigenvalue weighted by Crippen LogP contribution is -2.54. The minimum atomic E-state index is -0.950. The molecule has 0 radical (unpaired) electrons. The van der Waals surface area contributed by atoms with E-state index in [0.29, 0.717) is 16.8 Å². The van der Waals surface area contributed by atoms with Gasteiger partial charge in [-0.15, -0.1) is 0 Å². The van der Waals surface area contributed by atoms with E-state index >= 15 is 0 Å². The van der Waals surface area contributed by atoms with E-state index in [4.69, 9.17) is 0 Å². The third-order valence-corrected chi connectivity index (χ3v) is 5.40. The number of nitrogens with zero attached hydrogens (tertiary/aromatic N) is 2. The number of aryl methyl sites for hydroxylation is 2. The number of barbiturate groups is 1. The number of aromatic nitrogens is 1. The minimum Gasteiger partial charge on any atom is -0.480 e. The van der Waals surface area contributed by atoms with E-state index in [-0.39, 0.29) is 5.57 Å². The number of aliphatic carboxylic acids is 1. The van der Waals surface area contributed by atoms with Crippen LogP contribution in [-0.4, -0.2) is 33.5 Å². The van der Waals surface area contributed by atoms with Gasteiger partial charge in [0, 0.05) is 17.1 Å². The van der Waals surface area contributed by atoms with Gasteiger partial charge in [-0.2, -0.15) is 0 Å². The van der Waals surface area contributed by atoms with E-state index in [0.717, 1.165) is 21.4 Å². The molecule has 162 valence electrons. The zero-order valence-corrected chi connectivity index (χ0v) is 17.7. The van der Waals surface area contributed by atoms with Crippen molar-refractivity contribution < 1.29 is 24.3 Å². The third-order valence-electron chi connectivity index (χ3n) is 5.40. The van der Waals surface area contributed by atoms with Gasteiger partial charge in [0.05, 0.1) is 5.69 Å². The molecule has 1 aliphatic rings. The summed E-state index contributed by atoms with van der Waals surface area (Å²) in [4.78, 5) is 50.3. The maximum atomic E-state index is 13.1. The number of carbonyl (C=O) groups is 4. The highest BCUT2D eigenvalue weighted by Crippen LogP contribution is 2.26.